The fraction of sp³-hybridized carbons (Fsp3) is 0.556. The van der Waals surface area contributed by atoms with Gasteiger partial charge in [-0.1, -0.05) is 6.92 Å². The molecule has 1 aromatic heterocycles. The first-order valence-electron chi connectivity index (χ1n) is 4.44. The lowest BCUT2D eigenvalue weighted by Crippen LogP contribution is -2.33. The minimum absolute atomic E-state index is 0.779. The molecule has 0 aliphatic rings. The molecule has 0 unspecified atom stereocenters. The van der Waals surface area contributed by atoms with Crippen molar-refractivity contribution < 1.29 is 0 Å². The van der Waals surface area contributed by atoms with E-state index >= 15 is 0 Å². The van der Waals surface area contributed by atoms with E-state index in [1.807, 2.05) is 25.2 Å². The van der Waals surface area contributed by atoms with Crippen LogP contribution >= 0.6 is 0 Å². The van der Waals surface area contributed by atoms with Crippen molar-refractivity contribution in [3.05, 3.63) is 23.8 Å². The summed E-state index contributed by atoms with van der Waals surface area (Å²) in [5.74, 6) is 0. The van der Waals surface area contributed by atoms with E-state index in [9.17, 15) is 0 Å². The van der Waals surface area contributed by atoms with Crippen molar-refractivity contribution >= 4 is 0 Å². The van der Waals surface area contributed by atoms with E-state index in [1.54, 1.807) is 6.20 Å². The highest BCUT2D eigenvalue weighted by Crippen LogP contribution is 1.96. The summed E-state index contributed by atoms with van der Waals surface area (Å²) in [5, 5.41) is 2.00. The molecule has 4 heteroatoms. The molecule has 1 aromatic rings. The first-order valence-corrected chi connectivity index (χ1v) is 4.44. The maximum atomic E-state index is 4.26. The highest BCUT2D eigenvalue weighted by Gasteiger charge is 1.99. The number of hydrazine groups is 1. The Bertz CT molecular complexity index is 244. The number of nitrogens with one attached hydrogen (secondary N) is 1. The van der Waals surface area contributed by atoms with Gasteiger partial charge in [-0.3, -0.25) is 15.4 Å². The molecular weight excluding hydrogens is 164 g/mol. The molecule has 0 bridgehead atoms. The predicted octanol–water partition coefficient (Wildman–Crippen LogP) is 0.741. The van der Waals surface area contributed by atoms with E-state index in [0.29, 0.717) is 0 Å². The number of nitrogens with zero attached hydrogens (tertiary/aromatic N) is 3. The third-order valence-electron chi connectivity index (χ3n) is 1.66. The van der Waals surface area contributed by atoms with Crippen molar-refractivity contribution in [2.24, 2.45) is 0 Å². The van der Waals surface area contributed by atoms with Crippen molar-refractivity contribution in [1.82, 2.24) is 20.4 Å². The van der Waals surface area contributed by atoms with Gasteiger partial charge in [-0.25, -0.2) is 5.01 Å². The van der Waals surface area contributed by atoms with Gasteiger partial charge in [-0.2, -0.15) is 0 Å². The third-order valence-corrected chi connectivity index (χ3v) is 1.66. The van der Waals surface area contributed by atoms with Crippen molar-refractivity contribution in [2.75, 3.05) is 13.6 Å². The lowest BCUT2D eigenvalue weighted by Gasteiger charge is -2.15. The summed E-state index contributed by atoms with van der Waals surface area (Å²) in [6.07, 6.45) is 3.60. The summed E-state index contributed by atoms with van der Waals surface area (Å²) in [7, 11) is 1.99. The molecule has 0 saturated heterocycles. The highest BCUT2D eigenvalue weighted by molar-refractivity contribution is 4.99. The van der Waals surface area contributed by atoms with Crippen LogP contribution in [0.3, 0.4) is 0 Å². The average molecular weight is 180 g/mol. The Kier molecular flexibility index (Phi) is 3.79. The zero-order valence-electron chi connectivity index (χ0n) is 8.41. The molecule has 1 N–H and O–H groups in total. The van der Waals surface area contributed by atoms with Gasteiger partial charge in [0.1, 0.15) is 0 Å². The van der Waals surface area contributed by atoms with E-state index in [1.165, 1.54) is 0 Å². The molecule has 0 saturated carbocycles. The molecule has 0 atom stereocenters. The second-order valence-electron chi connectivity index (χ2n) is 3.02. The van der Waals surface area contributed by atoms with Crippen LogP contribution in [-0.4, -0.2) is 28.6 Å². The minimum Gasteiger partial charge on any atom is -0.258 e. The zero-order chi connectivity index (χ0) is 9.68. The van der Waals surface area contributed by atoms with Gasteiger partial charge in [0, 0.05) is 19.8 Å². The van der Waals surface area contributed by atoms with Crippen LogP contribution in [0, 0.1) is 6.92 Å². The molecule has 0 aliphatic heterocycles. The Balaban J connectivity index is 2.49. The van der Waals surface area contributed by atoms with Crippen molar-refractivity contribution in [1.29, 1.82) is 0 Å². The Labute approximate surface area is 79.0 Å². The maximum Gasteiger partial charge on any atom is 0.0741 e. The Morgan fingerprint density at radius 3 is 2.69 bits per heavy atom. The first kappa shape index (κ1) is 10.1. The predicted molar refractivity (Wildman–Crippen MR) is 51.9 cm³/mol. The van der Waals surface area contributed by atoms with Gasteiger partial charge in [-0.05, 0) is 6.92 Å². The van der Waals surface area contributed by atoms with Crippen LogP contribution in [0.1, 0.15) is 18.3 Å². The van der Waals surface area contributed by atoms with Crippen molar-refractivity contribution in [2.45, 2.75) is 20.4 Å². The first-order chi connectivity index (χ1) is 6.22. The lowest BCUT2D eigenvalue weighted by molar-refractivity contribution is 0.230. The third kappa shape index (κ3) is 3.48. The number of rotatable bonds is 4. The van der Waals surface area contributed by atoms with Crippen LogP contribution in [0.15, 0.2) is 12.4 Å². The quantitative estimate of drug-likeness (QED) is 0.694. The second-order valence-corrected chi connectivity index (χ2v) is 3.02. The summed E-state index contributed by atoms with van der Waals surface area (Å²) in [6.45, 7) is 5.71. The van der Waals surface area contributed by atoms with Gasteiger partial charge in [0.25, 0.3) is 0 Å². The molecule has 13 heavy (non-hydrogen) atoms. The number of hydrogen-bond acceptors (Lipinski definition) is 4. The van der Waals surface area contributed by atoms with Crippen LogP contribution in [-0.2, 0) is 6.54 Å². The van der Waals surface area contributed by atoms with E-state index in [-0.39, 0.29) is 0 Å². The van der Waals surface area contributed by atoms with E-state index in [2.05, 4.69) is 22.3 Å². The lowest BCUT2D eigenvalue weighted by atomic mass is 10.4. The van der Waals surface area contributed by atoms with Crippen LogP contribution in [0.25, 0.3) is 0 Å². The zero-order valence-corrected chi connectivity index (χ0v) is 8.41. The number of hydrogen-bond donors (Lipinski definition) is 1. The highest BCUT2D eigenvalue weighted by atomic mass is 15.5. The standard InChI is InChI=1S/C9H16N4/c1-4-12-13(3)7-9-6-10-8(2)5-11-9/h5-6,12H,4,7H2,1-3H3. The average Bonchev–Trinajstić information content (AvgIpc) is 2.09. The van der Waals surface area contributed by atoms with Crippen molar-refractivity contribution in [3.8, 4) is 0 Å². The minimum atomic E-state index is 0.779. The monoisotopic (exact) mass is 180 g/mol. The van der Waals surface area contributed by atoms with Gasteiger partial charge in [0.2, 0.25) is 0 Å². The molecule has 0 aliphatic carbocycles. The second kappa shape index (κ2) is 4.89. The molecule has 0 aromatic carbocycles. The summed E-state index contributed by atoms with van der Waals surface area (Å²) in [5.41, 5.74) is 5.11. The number of aryl methyl sites for hydroxylation is 1. The fourth-order valence-corrected chi connectivity index (χ4v) is 1.07. The van der Waals surface area contributed by atoms with Crippen LogP contribution in [0.2, 0.25) is 0 Å². The van der Waals surface area contributed by atoms with Gasteiger partial charge in [0.15, 0.2) is 0 Å². The van der Waals surface area contributed by atoms with Crippen LogP contribution < -0.4 is 5.43 Å². The Morgan fingerprint density at radius 1 is 1.38 bits per heavy atom. The molecule has 72 valence electrons. The maximum absolute atomic E-state index is 4.26. The molecule has 0 fully saturated rings. The van der Waals surface area contributed by atoms with Crippen molar-refractivity contribution in [3.63, 3.8) is 0 Å². The summed E-state index contributed by atoms with van der Waals surface area (Å²) in [4.78, 5) is 8.43. The number of aromatic nitrogens is 2. The topological polar surface area (TPSA) is 41.0 Å². The van der Waals surface area contributed by atoms with Gasteiger partial charge in [-0.15, -0.1) is 0 Å². The van der Waals surface area contributed by atoms with Gasteiger partial charge in [0.05, 0.1) is 24.1 Å². The largest absolute Gasteiger partial charge is 0.258 e. The van der Waals surface area contributed by atoms with E-state index < -0.39 is 0 Å². The molecule has 0 radical (unpaired) electrons. The van der Waals surface area contributed by atoms with Gasteiger partial charge < -0.3 is 0 Å². The molecule has 0 spiro atoms. The smallest absolute Gasteiger partial charge is 0.0741 e. The Morgan fingerprint density at radius 2 is 2.15 bits per heavy atom. The normalized spacial score (nSPS) is 10.8. The van der Waals surface area contributed by atoms with E-state index in [4.69, 9.17) is 0 Å². The molecule has 4 nitrogen and oxygen atoms in total. The molecule has 0 amide bonds. The summed E-state index contributed by atoms with van der Waals surface area (Å²) < 4.78 is 0. The van der Waals surface area contributed by atoms with E-state index in [0.717, 1.165) is 24.5 Å². The Hall–Kier alpha value is -1.00. The van der Waals surface area contributed by atoms with Crippen LogP contribution in [0.5, 0.6) is 0 Å². The van der Waals surface area contributed by atoms with Crippen LogP contribution in [0.4, 0.5) is 0 Å². The molecule has 1 heterocycles. The SMILES string of the molecule is CCNN(C)Cc1cnc(C)cn1. The summed E-state index contributed by atoms with van der Waals surface area (Å²) >= 11 is 0. The van der Waals surface area contributed by atoms with Gasteiger partial charge >= 0.3 is 0 Å². The summed E-state index contributed by atoms with van der Waals surface area (Å²) in [6, 6.07) is 0. The molecule has 1 rings (SSSR count). The molecular formula is C9H16N4. The fourth-order valence-electron chi connectivity index (χ4n) is 1.07.